The Morgan fingerprint density at radius 3 is 2.72 bits per heavy atom. The van der Waals surface area contributed by atoms with Gasteiger partial charge in [0.2, 0.25) is 0 Å². The Hall–Kier alpha value is -2.14. The molecule has 132 valence electrons. The van der Waals surface area contributed by atoms with E-state index in [1.54, 1.807) is 0 Å². The average Bonchev–Trinajstić information content (AvgIpc) is 3.23. The van der Waals surface area contributed by atoms with E-state index in [9.17, 15) is 4.79 Å². The van der Waals surface area contributed by atoms with Crippen LogP contribution < -0.4 is 0 Å². The van der Waals surface area contributed by atoms with E-state index in [1.807, 2.05) is 32.9 Å². The molecule has 0 N–H and O–H groups in total. The van der Waals surface area contributed by atoms with Crippen LogP contribution in [0.2, 0.25) is 0 Å². The van der Waals surface area contributed by atoms with Crippen molar-refractivity contribution in [2.75, 3.05) is 13.1 Å². The van der Waals surface area contributed by atoms with Gasteiger partial charge in [-0.05, 0) is 51.8 Å². The Labute approximate surface area is 148 Å². The number of carbonyl (C=O) groups excluding carboxylic acids is 1. The predicted octanol–water partition coefficient (Wildman–Crippen LogP) is 3.09. The lowest BCUT2D eigenvalue weighted by Crippen LogP contribution is -2.39. The fourth-order valence-electron chi connectivity index (χ4n) is 4.42. The van der Waals surface area contributed by atoms with Crippen molar-refractivity contribution in [1.82, 2.24) is 14.8 Å². The molecule has 0 aromatic carbocycles. The number of likely N-dealkylation sites (tertiary alicyclic amines) is 2. The average molecular weight is 339 g/mol. The van der Waals surface area contributed by atoms with Gasteiger partial charge < -0.3 is 9.32 Å². The second kappa shape index (κ2) is 6.30. The van der Waals surface area contributed by atoms with Crippen molar-refractivity contribution < 1.29 is 9.21 Å². The SMILES string of the molecule is Cc1cccc(CN2CC[C@H]3[C@H]2CCN3C(=O)c2cc(C)oc2C)n1. The third kappa shape index (κ3) is 2.97. The third-order valence-electron chi connectivity index (χ3n) is 5.53. The molecule has 5 heteroatoms. The summed E-state index contributed by atoms with van der Waals surface area (Å²) in [6, 6.07) is 8.82. The third-order valence-corrected chi connectivity index (χ3v) is 5.53. The van der Waals surface area contributed by atoms with E-state index in [0.29, 0.717) is 12.1 Å². The summed E-state index contributed by atoms with van der Waals surface area (Å²) in [5, 5.41) is 0. The summed E-state index contributed by atoms with van der Waals surface area (Å²) >= 11 is 0. The molecule has 0 bridgehead atoms. The molecular weight excluding hydrogens is 314 g/mol. The molecule has 2 aromatic heterocycles. The summed E-state index contributed by atoms with van der Waals surface area (Å²) in [4.78, 5) is 22.2. The molecule has 2 atom stereocenters. The molecule has 1 amide bonds. The number of aromatic nitrogens is 1. The van der Waals surface area contributed by atoms with E-state index in [0.717, 1.165) is 60.9 Å². The van der Waals surface area contributed by atoms with Crippen LogP contribution >= 0.6 is 0 Å². The summed E-state index contributed by atoms with van der Waals surface area (Å²) in [7, 11) is 0. The molecule has 4 rings (SSSR count). The lowest BCUT2D eigenvalue weighted by atomic mass is 10.1. The number of fused-ring (bicyclic) bond motifs is 1. The number of pyridine rings is 1. The zero-order valence-corrected chi connectivity index (χ0v) is 15.2. The van der Waals surface area contributed by atoms with Crippen LogP contribution in [0.1, 0.15) is 46.1 Å². The van der Waals surface area contributed by atoms with Gasteiger partial charge in [-0.3, -0.25) is 14.7 Å². The van der Waals surface area contributed by atoms with Crippen molar-refractivity contribution in [3.05, 3.63) is 52.7 Å². The van der Waals surface area contributed by atoms with Crippen molar-refractivity contribution in [3.63, 3.8) is 0 Å². The van der Waals surface area contributed by atoms with Gasteiger partial charge in [0, 0.05) is 37.4 Å². The highest BCUT2D eigenvalue weighted by Gasteiger charge is 2.44. The number of rotatable bonds is 3. The molecule has 2 fully saturated rings. The van der Waals surface area contributed by atoms with Crippen LogP contribution in [-0.2, 0) is 6.54 Å². The first-order chi connectivity index (χ1) is 12.0. The summed E-state index contributed by atoms with van der Waals surface area (Å²) in [6.07, 6.45) is 2.08. The Morgan fingerprint density at radius 1 is 1.20 bits per heavy atom. The lowest BCUT2D eigenvalue weighted by Gasteiger charge is -2.25. The second-order valence-corrected chi connectivity index (χ2v) is 7.28. The summed E-state index contributed by atoms with van der Waals surface area (Å²) in [6.45, 7) is 8.52. The zero-order chi connectivity index (χ0) is 17.6. The van der Waals surface area contributed by atoms with Crippen molar-refractivity contribution in [2.24, 2.45) is 0 Å². The second-order valence-electron chi connectivity index (χ2n) is 7.28. The Bertz CT molecular complexity index is 798. The number of amides is 1. The molecule has 2 aromatic rings. The standard InChI is InChI=1S/C20H25N3O2/c1-13-5-4-6-16(21-13)12-22-9-7-19-18(22)8-10-23(19)20(24)17-11-14(2)25-15(17)3/h4-6,11,18-19H,7-10,12H2,1-3H3/t18-,19+/m1/s1. The highest BCUT2D eigenvalue weighted by molar-refractivity contribution is 5.95. The smallest absolute Gasteiger partial charge is 0.257 e. The first-order valence-electron chi connectivity index (χ1n) is 9.07. The Balaban J connectivity index is 1.48. The number of nitrogens with zero attached hydrogens (tertiary/aromatic N) is 3. The molecule has 4 heterocycles. The highest BCUT2D eigenvalue weighted by atomic mass is 16.3. The van der Waals surface area contributed by atoms with Crippen LogP contribution in [0.3, 0.4) is 0 Å². The zero-order valence-electron chi connectivity index (χ0n) is 15.2. The largest absolute Gasteiger partial charge is 0.466 e. The molecule has 0 aliphatic carbocycles. The molecule has 5 nitrogen and oxygen atoms in total. The van der Waals surface area contributed by atoms with Gasteiger partial charge in [0.1, 0.15) is 11.5 Å². The Kier molecular flexibility index (Phi) is 4.12. The van der Waals surface area contributed by atoms with E-state index in [1.165, 1.54) is 0 Å². The first kappa shape index (κ1) is 16.3. The van der Waals surface area contributed by atoms with Gasteiger partial charge >= 0.3 is 0 Å². The minimum Gasteiger partial charge on any atom is -0.466 e. The molecule has 2 saturated heterocycles. The Morgan fingerprint density at radius 2 is 2.00 bits per heavy atom. The maximum atomic E-state index is 13.0. The fourth-order valence-corrected chi connectivity index (χ4v) is 4.42. The summed E-state index contributed by atoms with van der Waals surface area (Å²) < 4.78 is 5.55. The van der Waals surface area contributed by atoms with Crippen molar-refractivity contribution in [1.29, 1.82) is 0 Å². The van der Waals surface area contributed by atoms with Gasteiger partial charge in [0.25, 0.3) is 5.91 Å². The molecule has 0 spiro atoms. The predicted molar refractivity (Wildman–Crippen MR) is 95.4 cm³/mol. The van der Waals surface area contributed by atoms with Gasteiger partial charge in [-0.15, -0.1) is 0 Å². The molecule has 0 saturated carbocycles. The fraction of sp³-hybridized carbons (Fsp3) is 0.500. The minimum absolute atomic E-state index is 0.123. The summed E-state index contributed by atoms with van der Waals surface area (Å²) in [5.74, 6) is 1.65. The molecule has 0 radical (unpaired) electrons. The number of hydrogen-bond donors (Lipinski definition) is 0. The molecular formula is C20H25N3O2. The maximum absolute atomic E-state index is 13.0. The first-order valence-corrected chi connectivity index (χ1v) is 9.07. The van der Waals surface area contributed by atoms with Gasteiger partial charge in [0.15, 0.2) is 0 Å². The monoisotopic (exact) mass is 339 g/mol. The number of carbonyl (C=O) groups is 1. The van der Waals surface area contributed by atoms with Crippen molar-refractivity contribution in [2.45, 2.75) is 52.2 Å². The maximum Gasteiger partial charge on any atom is 0.257 e. The van der Waals surface area contributed by atoms with Gasteiger partial charge in [0.05, 0.1) is 11.3 Å². The topological polar surface area (TPSA) is 49.6 Å². The molecule has 0 unspecified atom stereocenters. The number of aryl methyl sites for hydroxylation is 3. The molecule has 25 heavy (non-hydrogen) atoms. The van der Waals surface area contributed by atoms with Gasteiger partial charge in [-0.25, -0.2) is 0 Å². The number of furan rings is 1. The van der Waals surface area contributed by atoms with Crippen LogP contribution in [0.25, 0.3) is 0 Å². The van der Waals surface area contributed by atoms with E-state index < -0.39 is 0 Å². The van der Waals surface area contributed by atoms with Crippen LogP contribution in [0.5, 0.6) is 0 Å². The van der Waals surface area contributed by atoms with Crippen LogP contribution in [0.15, 0.2) is 28.7 Å². The van der Waals surface area contributed by atoms with Gasteiger partial charge in [-0.1, -0.05) is 6.07 Å². The normalized spacial score (nSPS) is 23.2. The van der Waals surface area contributed by atoms with Crippen LogP contribution in [-0.4, -0.2) is 45.9 Å². The van der Waals surface area contributed by atoms with Crippen molar-refractivity contribution in [3.8, 4) is 0 Å². The lowest BCUT2D eigenvalue weighted by molar-refractivity contribution is 0.0730. The molecule has 2 aliphatic heterocycles. The number of hydrogen-bond acceptors (Lipinski definition) is 4. The van der Waals surface area contributed by atoms with E-state index in [4.69, 9.17) is 4.42 Å². The van der Waals surface area contributed by atoms with Crippen molar-refractivity contribution >= 4 is 5.91 Å². The van der Waals surface area contributed by atoms with E-state index >= 15 is 0 Å². The minimum atomic E-state index is 0.123. The quantitative estimate of drug-likeness (QED) is 0.862. The van der Waals surface area contributed by atoms with Crippen LogP contribution in [0.4, 0.5) is 0 Å². The van der Waals surface area contributed by atoms with E-state index in [-0.39, 0.29) is 5.91 Å². The van der Waals surface area contributed by atoms with Crippen LogP contribution in [0, 0.1) is 20.8 Å². The highest BCUT2D eigenvalue weighted by Crippen LogP contribution is 2.34. The molecule has 2 aliphatic rings. The van der Waals surface area contributed by atoms with Gasteiger partial charge in [-0.2, -0.15) is 0 Å². The van der Waals surface area contributed by atoms with E-state index in [2.05, 4.69) is 26.9 Å². The summed E-state index contributed by atoms with van der Waals surface area (Å²) in [5.41, 5.74) is 2.89.